The molecule has 1 heterocycles. The van der Waals surface area contributed by atoms with Crippen molar-refractivity contribution in [3.63, 3.8) is 0 Å². The van der Waals surface area contributed by atoms with Crippen LogP contribution in [0.4, 0.5) is 8.78 Å². The highest BCUT2D eigenvalue weighted by Crippen LogP contribution is 2.31. The van der Waals surface area contributed by atoms with E-state index in [1.165, 1.54) is 6.07 Å². The number of H-pyrrole nitrogens is 1. The lowest BCUT2D eigenvalue weighted by Gasteiger charge is -2.12. The topological polar surface area (TPSA) is 55.0 Å². The number of fused-ring (bicyclic) bond motifs is 1. The van der Waals surface area contributed by atoms with Crippen LogP contribution in [0.2, 0.25) is 5.02 Å². The number of rotatable bonds is 4. The highest BCUT2D eigenvalue weighted by atomic mass is 35.5. The summed E-state index contributed by atoms with van der Waals surface area (Å²) in [6.45, 7) is 0.00362. The molecule has 140 valence electrons. The van der Waals surface area contributed by atoms with Crippen molar-refractivity contribution in [1.82, 2.24) is 9.97 Å². The van der Waals surface area contributed by atoms with Crippen LogP contribution in [0, 0.1) is 11.6 Å². The second-order valence-electron chi connectivity index (χ2n) is 6.11. The first-order chi connectivity index (χ1) is 13.5. The number of aromatic amines is 1. The molecule has 4 nitrogen and oxygen atoms in total. The maximum absolute atomic E-state index is 13.4. The summed E-state index contributed by atoms with van der Waals surface area (Å²) in [6.07, 6.45) is 0. The number of halogens is 3. The van der Waals surface area contributed by atoms with Gasteiger partial charge >= 0.3 is 0 Å². The Morgan fingerprint density at radius 3 is 2.64 bits per heavy atom. The number of nitrogens with one attached hydrogen (secondary N) is 1. The fraction of sp³-hybridized carbons (Fsp3) is 0.0476. The van der Waals surface area contributed by atoms with Gasteiger partial charge in [0.15, 0.2) is 11.6 Å². The zero-order chi connectivity index (χ0) is 19.7. The number of hydrogen-bond donors (Lipinski definition) is 1. The molecule has 0 amide bonds. The van der Waals surface area contributed by atoms with Crippen LogP contribution >= 0.6 is 11.6 Å². The van der Waals surface area contributed by atoms with Crippen LogP contribution in [-0.2, 0) is 6.61 Å². The molecule has 0 fully saturated rings. The Bertz CT molecular complexity index is 1240. The van der Waals surface area contributed by atoms with Crippen LogP contribution < -0.4 is 10.3 Å². The Hall–Kier alpha value is -3.25. The lowest BCUT2D eigenvalue weighted by molar-refractivity contribution is 0.306. The van der Waals surface area contributed by atoms with Crippen molar-refractivity contribution >= 4 is 22.5 Å². The number of nitrogens with zero attached hydrogens (tertiary/aromatic N) is 1. The van der Waals surface area contributed by atoms with Gasteiger partial charge in [0.1, 0.15) is 18.2 Å². The van der Waals surface area contributed by atoms with Gasteiger partial charge in [0.05, 0.1) is 16.5 Å². The Morgan fingerprint density at radius 1 is 1.00 bits per heavy atom. The molecule has 0 radical (unpaired) electrons. The van der Waals surface area contributed by atoms with Crippen molar-refractivity contribution in [3.8, 4) is 17.1 Å². The van der Waals surface area contributed by atoms with Gasteiger partial charge in [0.25, 0.3) is 5.56 Å². The van der Waals surface area contributed by atoms with E-state index in [0.29, 0.717) is 38.6 Å². The molecule has 1 N–H and O–H groups in total. The summed E-state index contributed by atoms with van der Waals surface area (Å²) in [5, 5.41) is 0.906. The average molecular weight is 399 g/mol. The Labute approximate surface area is 163 Å². The summed E-state index contributed by atoms with van der Waals surface area (Å²) in [6, 6.07) is 15.4. The van der Waals surface area contributed by atoms with Gasteiger partial charge in [-0.3, -0.25) is 4.79 Å². The SMILES string of the molecule is O=c1[nH]c(-c2cc(Cl)ccc2OCc2ccc(F)c(F)c2)nc2ccccc12. The van der Waals surface area contributed by atoms with Crippen LogP contribution in [-0.4, -0.2) is 9.97 Å². The number of benzene rings is 3. The first-order valence-corrected chi connectivity index (χ1v) is 8.75. The summed E-state index contributed by atoms with van der Waals surface area (Å²) in [5.41, 5.74) is 1.19. The predicted molar refractivity (Wildman–Crippen MR) is 103 cm³/mol. The number of aromatic nitrogens is 2. The lowest BCUT2D eigenvalue weighted by Crippen LogP contribution is -2.10. The van der Waals surface area contributed by atoms with Crippen LogP contribution in [0.5, 0.6) is 5.75 Å². The normalized spacial score (nSPS) is 11.0. The Kier molecular flexibility index (Phi) is 4.79. The van der Waals surface area contributed by atoms with E-state index in [9.17, 15) is 13.6 Å². The Morgan fingerprint density at radius 2 is 1.82 bits per heavy atom. The van der Waals surface area contributed by atoms with Crippen molar-refractivity contribution in [2.45, 2.75) is 6.61 Å². The molecule has 0 unspecified atom stereocenters. The largest absolute Gasteiger partial charge is 0.488 e. The van der Waals surface area contributed by atoms with Gasteiger partial charge in [-0.05, 0) is 48.0 Å². The summed E-state index contributed by atoms with van der Waals surface area (Å²) >= 11 is 6.11. The van der Waals surface area contributed by atoms with Gasteiger partial charge in [-0.1, -0.05) is 29.8 Å². The molecule has 0 aliphatic rings. The second kappa shape index (κ2) is 7.40. The zero-order valence-corrected chi connectivity index (χ0v) is 15.1. The number of ether oxygens (including phenoxy) is 1. The van der Waals surface area contributed by atoms with Crippen molar-refractivity contribution in [2.75, 3.05) is 0 Å². The molecule has 0 aliphatic heterocycles. The summed E-state index contributed by atoms with van der Waals surface area (Å²) in [4.78, 5) is 19.6. The molecule has 1 aromatic heterocycles. The van der Waals surface area contributed by atoms with E-state index in [0.717, 1.165) is 12.1 Å². The van der Waals surface area contributed by atoms with E-state index >= 15 is 0 Å². The molecule has 0 spiro atoms. The minimum atomic E-state index is -0.946. The second-order valence-corrected chi connectivity index (χ2v) is 6.55. The molecule has 0 atom stereocenters. The van der Waals surface area contributed by atoms with Gasteiger partial charge in [-0.25, -0.2) is 13.8 Å². The third kappa shape index (κ3) is 3.59. The minimum absolute atomic E-state index is 0.00362. The van der Waals surface area contributed by atoms with E-state index in [4.69, 9.17) is 16.3 Å². The Balaban J connectivity index is 1.72. The first kappa shape index (κ1) is 18.1. The molecule has 0 aliphatic carbocycles. The molecule has 28 heavy (non-hydrogen) atoms. The number of hydrogen-bond acceptors (Lipinski definition) is 3. The van der Waals surface area contributed by atoms with Crippen LogP contribution in [0.3, 0.4) is 0 Å². The molecule has 3 aromatic carbocycles. The van der Waals surface area contributed by atoms with Crippen LogP contribution in [0.25, 0.3) is 22.3 Å². The number of para-hydroxylation sites is 1. The maximum Gasteiger partial charge on any atom is 0.259 e. The maximum atomic E-state index is 13.4. The molecule has 0 saturated heterocycles. The highest BCUT2D eigenvalue weighted by molar-refractivity contribution is 6.30. The average Bonchev–Trinajstić information content (AvgIpc) is 2.69. The summed E-state index contributed by atoms with van der Waals surface area (Å²) < 4.78 is 32.3. The van der Waals surface area contributed by atoms with Gasteiger partial charge in [-0.15, -0.1) is 0 Å². The fourth-order valence-electron chi connectivity index (χ4n) is 2.82. The first-order valence-electron chi connectivity index (χ1n) is 8.37. The van der Waals surface area contributed by atoms with Crippen LogP contribution in [0.1, 0.15) is 5.56 Å². The van der Waals surface area contributed by atoms with Crippen molar-refractivity contribution < 1.29 is 13.5 Å². The van der Waals surface area contributed by atoms with Gasteiger partial charge < -0.3 is 9.72 Å². The monoisotopic (exact) mass is 398 g/mol. The third-order valence-electron chi connectivity index (χ3n) is 4.19. The molecule has 0 bridgehead atoms. The van der Waals surface area contributed by atoms with Crippen molar-refractivity contribution in [1.29, 1.82) is 0 Å². The fourth-order valence-corrected chi connectivity index (χ4v) is 2.99. The molecule has 7 heteroatoms. The molecule has 0 saturated carbocycles. The quantitative estimate of drug-likeness (QED) is 0.520. The zero-order valence-electron chi connectivity index (χ0n) is 14.4. The van der Waals surface area contributed by atoms with Gasteiger partial charge in [0.2, 0.25) is 0 Å². The third-order valence-corrected chi connectivity index (χ3v) is 4.42. The van der Waals surface area contributed by atoms with Crippen molar-refractivity contribution in [2.24, 2.45) is 0 Å². The highest BCUT2D eigenvalue weighted by Gasteiger charge is 2.13. The van der Waals surface area contributed by atoms with E-state index < -0.39 is 11.6 Å². The standard InChI is InChI=1S/C21H13ClF2N2O2/c22-13-6-8-19(28-11-12-5-7-16(23)17(24)9-12)15(10-13)20-25-18-4-2-1-3-14(18)21(27)26-20/h1-10H,11H2,(H,25,26,27). The predicted octanol–water partition coefficient (Wildman–Crippen LogP) is 5.10. The van der Waals surface area contributed by atoms with Crippen LogP contribution in [0.15, 0.2) is 65.5 Å². The van der Waals surface area contributed by atoms with E-state index in [1.54, 1.807) is 42.5 Å². The molecular formula is C21H13ClF2N2O2. The molecular weight excluding hydrogens is 386 g/mol. The minimum Gasteiger partial charge on any atom is -0.488 e. The van der Waals surface area contributed by atoms with Crippen molar-refractivity contribution in [3.05, 3.63) is 93.2 Å². The van der Waals surface area contributed by atoms with Gasteiger partial charge in [0, 0.05) is 5.02 Å². The van der Waals surface area contributed by atoms with E-state index in [2.05, 4.69) is 9.97 Å². The molecule has 4 aromatic rings. The van der Waals surface area contributed by atoms with E-state index in [-0.39, 0.29) is 12.2 Å². The smallest absolute Gasteiger partial charge is 0.259 e. The molecule has 4 rings (SSSR count). The van der Waals surface area contributed by atoms with Gasteiger partial charge in [-0.2, -0.15) is 0 Å². The lowest BCUT2D eigenvalue weighted by atomic mass is 10.1. The summed E-state index contributed by atoms with van der Waals surface area (Å²) in [5.74, 6) is -1.18. The van der Waals surface area contributed by atoms with E-state index in [1.807, 2.05) is 0 Å². The summed E-state index contributed by atoms with van der Waals surface area (Å²) in [7, 11) is 0.